The van der Waals surface area contributed by atoms with E-state index < -0.39 is 0 Å². The van der Waals surface area contributed by atoms with Gasteiger partial charge in [0.05, 0.1) is 0 Å². The van der Waals surface area contributed by atoms with Gasteiger partial charge in [-0.05, 0) is 24.3 Å². The average Bonchev–Trinajstić information content (AvgIpc) is 2.69. The Labute approximate surface area is 88.6 Å². The normalized spacial score (nSPS) is 8.60. The molecule has 0 aliphatic rings. The number of carbonyl (C=O) groups excluding carboxylic acids is 1. The Balaban J connectivity index is 0.000000162. The van der Waals surface area contributed by atoms with Crippen LogP contribution in [0.2, 0.25) is 0 Å². The molecule has 0 fully saturated rings. The Kier molecular flexibility index (Phi) is 4.66. The van der Waals surface area contributed by atoms with Crippen molar-refractivity contribution in [2.75, 3.05) is 5.32 Å². The molecule has 2 rings (SSSR count). The lowest BCUT2D eigenvalue weighted by Gasteiger charge is -1.97. The summed E-state index contributed by atoms with van der Waals surface area (Å²) in [5.41, 5.74) is 0. The van der Waals surface area contributed by atoms with Crippen molar-refractivity contribution in [3.05, 3.63) is 48.9 Å². The molecule has 0 saturated heterocycles. The molecule has 0 bridgehead atoms. The van der Waals surface area contributed by atoms with E-state index in [1.807, 2.05) is 48.1 Å². The van der Waals surface area contributed by atoms with Crippen molar-refractivity contribution >= 4 is 12.2 Å². The molecule has 78 valence electrons. The molecule has 1 amide bonds. The Morgan fingerprint density at radius 1 is 1.27 bits per heavy atom. The molecule has 0 unspecified atom stereocenters. The summed E-state index contributed by atoms with van der Waals surface area (Å²) >= 11 is 0. The van der Waals surface area contributed by atoms with Crippen molar-refractivity contribution in [2.24, 2.45) is 7.05 Å². The maximum atomic E-state index is 9.90. The first kappa shape index (κ1) is 11.0. The number of hydrogen-bond acceptors (Lipinski definition) is 2. The van der Waals surface area contributed by atoms with Gasteiger partial charge in [-0.1, -0.05) is 6.07 Å². The summed E-state index contributed by atoms with van der Waals surface area (Å²) in [5.74, 6) is 0.810. The van der Waals surface area contributed by atoms with Crippen molar-refractivity contribution < 1.29 is 4.79 Å². The molecule has 0 aliphatic heterocycles. The highest BCUT2D eigenvalue weighted by Crippen LogP contribution is 2.03. The van der Waals surface area contributed by atoms with Gasteiger partial charge in [0.15, 0.2) is 0 Å². The van der Waals surface area contributed by atoms with Crippen LogP contribution in [0.4, 0.5) is 5.82 Å². The van der Waals surface area contributed by atoms with E-state index in [9.17, 15) is 4.79 Å². The Morgan fingerprint density at radius 2 is 2.00 bits per heavy atom. The highest BCUT2D eigenvalue weighted by atomic mass is 16.1. The molecule has 0 radical (unpaired) electrons. The van der Waals surface area contributed by atoms with Crippen LogP contribution in [0.25, 0.3) is 0 Å². The molecule has 4 heteroatoms. The molecular weight excluding hydrogens is 190 g/mol. The maximum absolute atomic E-state index is 9.90. The number of hydrogen-bond donors (Lipinski definition) is 1. The van der Waals surface area contributed by atoms with Crippen LogP contribution in [0, 0.1) is 0 Å². The van der Waals surface area contributed by atoms with Gasteiger partial charge < -0.3 is 9.88 Å². The summed E-state index contributed by atoms with van der Waals surface area (Å²) in [6.45, 7) is 0. The minimum absolute atomic E-state index is 0.662. The highest BCUT2D eigenvalue weighted by Gasteiger charge is 1.90. The fourth-order valence-electron chi connectivity index (χ4n) is 0.984. The highest BCUT2D eigenvalue weighted by molar-refractivity contribution is 5.68. The second kappa shape index (κ2) is 6.37. The van der Waals surface area contributed by atoms with E-state index in [0.717, 1.165) is 5.82 Å². The van der Waals surface area contributed by atoms with Crippen LogP contribution < -0.4 is 5.32 Å². The Bertz CT molecular complexity index is 357. The minimum Gasteiger partial charge on any atom is -0.338 e. The predicted molar refractivity (Wildman–Crippen MR) is 59.3 cm³/mol. The number of aryl methyl sites for hydroxylation is 1. The topological polar surface area (TPSA) is 46.9 Å². The van der Waals surface area contributed by atoms with Crippen molar-refractivity contribution in [2.45, 2.75) is 0 Å². The second-order valence-electron chi connectivity index (χ2n) is 2.79. The van der Waals surface area contributed by atoms with Gasteiger partial charge in [-0.2, -0.15) is 0 Å². The zero-order valence-corrected chi connectivity index (χ0v) is 8.50. The van der Waals surface area contributed by atoms with E-state index in [0.29, 0.717) is 6.41 Å². The number of amides is 1. The summed E-state index contributed by atoms with van der Waals surface area (Å²) in [7, 11) is 1.87. The van der Waals surface area contributed by atoms with Crippen LogP contribution in [-0.4, -0.2) is 16.0 Å². The Morgan fingerprint density at radius 3 is 2.33 bits per heavy atom. The fourth-order valence-corrected chi connectivity index (χ4v) is 0.984. The second-order valence-corrected chi connectivity index (χ2v) is 2.79. The molecule has 2 heterocycles. The summed E-state index contributed by atoms with van der Waals surface area (Å²) in [6.07, 6.45) is 6.03. The smallest absolute Gasteiger partial charge is 0.212 e. The zero-order chi connectivity index (χ0) is 10.9. The van der Waals surface area contributed by atoms with Crippen LogP contribution in [-0.2, 0) is 11.8 Å². The van der Waals surface area contributed by atoms with Crippen LogP contribution in [0.15, 0.2) is 48.9 Å². The van der Waals surface area contributed by atoms with Gasteiger partial charge in [0, 0.05) is 25.6 Å². The number of anilines is 1. The molecule has 15 heavy (non-hydrogen) atoms. The standard InChI is InChI=1S/C6H8N2O.C5H5N/c1-8-4-2-3-6(8)7-5-9;1-2-4-6-5-3-1/h2-5H,1H3,(H,7,9);1-5H. The molecule has 0 saturated carbocycles. The third-order valence-electron chi connectivity index (χ3n) is 1.72. The van der Waals surface area contributed by atoms with Crippen LogP contribution >= 0.6 is 0 Å². The van der Waals surface area contributed by atoms with E-state index in [-0.39, 0.29) is 0 Å². The van der Waals surface area contributed by atoms with Gasteiger partial charge in [0.2, 0.25) is 6.41 Å². The molecule has 0 aliphatic carbocycles. The molecule has 4 nitrogen and oxygen atoms in total. The first-order valence-corrected chi connectivity index (χ1v) is 4.51. The van der Waals surface area contributed by atoms with E-state index in [1.54, 1.807) is 12.4 Å². The first-order valence-electron chi connectivity index (χ1n) is 4.51. The van der Waals surface area contributed by atoms with E-state index in [2.05, 4.69) is 10.3 Å². The lowest BCUT2D eigenvalue weighted by molar-refractivity contribution is -0.105. The van der Waals surface area contributed by atoms with Gasteiger partial charge in [-0.3, -0.25) is 9.78 Å². The van der Waals surface area contributed by atoms with E-state index >= 15 is 0 Å². The molecular formula is C11H13N3O. The first-order chi connectivity index (χ1) is 7.34. The number of nitrogens with one attached hydrogen (secondary N) is 1. The van der Waals surface area contributed by atoms with Crippen LogP contribution in [0.3, 0.4) is 0 Å². The summed E-state index contributed by atoms with van der Waals surface area (Å²) < 4.78 is 1.83. The third kappa shape index (κ3) is 4.08. The predicted octanol–water partition coefficient (Wildman–Crippen LogP) is 1.67. The fraction of sp³-hybridized carbons (Fsp3) is 0.0909. The Hall–Kier alpha value is -2.10. The molecule has 2 aromatic heterocycles. The number of carbonyl (C=O) groups is 1. The molecule has 0 atom stereocenters. The van der Waals surface area contributed by atoms with Crippen molar-refractivity contribution in [1.29, 1.82) is 0 Å². The molecule has 0 spiro atoms. The molecule has 0 aromatic carbocycles. The summed E-state index contributed by atoms with van der Waals surface area (Å²) in [6, 6.07) is 9.41. The number of rotatable bonds is 2. The minimum atomic E-state index is 0.662. The quantitative estimate of drug-likeness (QED) is 0.755. The molecule has 2 aromatic rings. The van der Waals surface area contributed by atoms with Gasteiger partial charge in [-0.15, -0.1) is 0 Å². The lowest BCUT2D eigenvalue weighted by atomic mass is 10.5. The van der Waals surface area contributed by atoms with E-state index in [1.165, 1.54) is 0 Å². The summed E-state index contributed by atoms with van der Waals surface area (Å²) in [5, 5.41) is 2.54. The largest absolute Gasteiger partial charge is 0.338 e. The van der Waals surface area contributed by atoms with Crippen LogP contribution in [0.1, 0.15) is 0 Å². The van der Waals surface area contributed by atoms with E-state index in [4.69, 9.17) is 0 Å². The zero-order valence-electron chi connectivity index (χ0n) is 8.50. The number of aromatic nitrogens is 2. The SMILES string of the molecule is Cn1cccc1NC=O.c1ccncc1. The van der Waals surface area contributed by atoms with Gasteiger partial charge in [0.1, 0.15) is 5.82 Å². The molecule has 1 N–H and O–H groups in total. The van der Waals surface area contributed by atoms with Gasteiger partial charge in [-0.25, -0.2) is 0 Å². The van der Waals surface area contributed by atoms with Gasteiger partial charge in [0.25, 0.3) is 0 Å². The lowest BCUT2D eigenvalue weighted by Crippen LogP contribution is -1.98. The third-order valence-corrected chi connectivity index (χ3v) is 1.72. The monoisotopic (exact) mass is 203 g/mol. The summed E-state index contributed by atoms with van der Waals surface area (Å²) in [4.78, 5) is 13.7. The van der Waals surface area contributed by atoms with Crippen molar-refractivity contribution in [3.8, 4) is 0 Å². The van der Waals surface area contributed by atoms with Crippen LogP contribution in [0.5, 0.6) is 0 Å². The van der Waals surface area contributed by atoms with Gasteiger partial charge >= 0.3 is 0 Å². The number of nitrogens with zero attached hydrogens (tertiary/aromatic N) is 2. The van der Waals surface area contributed by atoms with Crippen molar-refractivity contribution in [1.82, 2.24) is 9.55 Å². The average molecular weight is 203 g/mol. The number of pyridine rings is 1. The maximum Gasteiger partial charge on any atom is 0.212 e. The van der Waals surface area contributed by atoms with Crippen molar-refractivity contribution in [3.63, 3.8) is 0 Å².